The van der Waals surface area contributed by atoms with E-state index in [1.54, 1.807) is 6.20 Å². The summed E-state index contributed by atoms with van der Waals surface area (Å²) in [5, 5.41) is 1.98. The number of aromatic nitrogens is 1. The van der Waals surface area contributed by atoms with E-state index in [-0.39, 0.29) is 5.91 Å². The molecule has 0 N–H and O–H groups in total. The third-order valence-corrected chi connectivity index (χ3v) is 4.29. The highest BCUT2D eigenvalue weighted by atomic mass is 16.2. The molecule has 22 heavy (non-hydrogen) atoms. The molecule has 0 radical (unpaired) electrons. The van der Waals surface area contributed by atoms with Gasteiger partial charge in [-0.3, -0.25) is 9.78 Å². The minimum absolute atomic E-state index is 0.0197. The first-order valence-corrected chi connectivity index (χ1v) is 7.53. The van der Waals surface area contributed by atoms with Gasteiger partial charge in [-0.1, -0.05) is 48.5 Å². The van der Waals surface area contributed by atoms with Crippen molar-refractivity contribution in [2.75, 3.05) is 6.54 Å². The van der Waals surface area contributed by atoms with E-state index in [1.165, 1.54) is 11.1 Å². The molecule has 2 aromatic carbocycles. The summed E-state index contributed by atoms with van der Waals surface area (Å²) in [5.41, 5.74) is 3.14. The maximum atomic E-state index is 12.9. The highest BCUT2D eigenvalue weighted by molar-refractivity contribution is 6.05. The second-order valence-corrected chi connectivity index (χ2v) is 5.63. The summed E-state index contributed by atoms with van der Waals surface area (Å²) >= 11 is 0. The van der Waals surface area contributed by atoms with Crippen molar-refractivity contribution in [3.63, 3.8) is 0 Å². The van der Waals surface area contributed by atoms with Crippen molar-refractivity contribution < 1.29 is 4.79 Å². The van der Waals surface area contributed by atoms with Crippen molar-refractivity contribution in [1.82, 2.24) is 9.88 Å². The van der Waals surface area contributed by atoms with Gasteiger partial charge in [0.15, 0.2) is 0 Å². The molecule has 0 aliphatic carbocycles. The van der Waals surface area contributed by atoms with Crippen LogP contribution in [0.25, 0.3) is 10.8 Å². The number of rotatable bonds is 1. The van der Waals surface area contributed by atoms with E-state index in [2.05, 4.69) is 23.2 Å². The van der Waals surface area contributed by atoms with Crippen molar-refractivity contribution in [3.05, 3.63) is 77.6 Å². The van der Waals surface area contributed by atoms with Crippen LogP contribution < -0.4 is 0 Å². The number of fused-ring (bicyclic) bond motifs is 2. The molecule has 0 saturated heterocycles. The van der Waals surface area contributed by atoms with Crippen LogP contribution in [0.2, 0.25) is 0 Å². The molecule has 1 aromatic heterocycles. The van der Waals surface area contributed by atoms with Gasteiger partial charge in [-0.05, 0) is 29.0 Å². The van der Waals surface area contributed by atoms with Crippen molar-refractivity contribution in [3.8, 4) is 0 Å². The Bertz CT molecular complexity index is 851. The van der Waals surface area contributed by atoms with Crippen LogP contribution >= 0.6 is 0 Å². The monoisotopic (exact) mass is 288 g/mol. The maximum absolute atomic E-state index is 12.9. The molecule has 3 heteroatoms. The Morgan fingerprint density at radius 3 is 2.64 bits per heavy atom. The zero-order chi connectivity index (χ0) is 14.9. The van der Waals surface area contributed by atoms with Gasteiger partial charge in [0.1, 0.15) is 5.69 Å². The summed E-state index contributed by atoms with van der Waals surface area (Å²) in [6.45, 7) is 1.42. The Balaban J connectivity index is 1.70. The molecule has 0 unspecified atom stereocenters. The van der Waals surface area contributed by atoms with Crippen LogP contribution in [0.3, 0.4) is 0 Å². The number of nitrogens with zero attached hydrogens (tertiary/aromatic N) is 2. The first kappa shape index (κ1) is 13.0. The molecule has 0 fully saturated rings. The Morgan fingerprint density at radius 2 is 1.73 bits per heavy atom. The molecular weight excluding hydrogens is 272 g/mol. The van der Waals surface area contributed by atoms with Gasteiger partial charge in [0.2, 0.25) is 0 Å². The number of carbonyl (C=O) groups excluding carboxylic acids is 1. The summed E-state index contributed by atoms with van der Waals surface area (Å²) < 4.78 is 0. The van der Waals surface area contributed by atoms with Crippen molar-refractivity contribution in [2.45, 2.75) is 13.0 Å². The smallest absolute Gasteiger partial charge is 0.273 e. The number of pyridine rings is 1. The number of hydrogen-bond acceptors (Lipinski definition) is 2. The molecule has 0 spiro atoms. The lowest BCUT2D eigenvalue weighted by atomic mass is 9.99. The summed E-state index contributed by atoms with van der Waals surface area (Å²) in [4.78, 5) is 19.1. The largest absolute Gasteiger partial charge is 0.333 e. The van der Waals surface area contributed by atoms with E-state index in [0.717, 1.165) is 23.7 Å². The zero-order valence-corrected chi connectivity index (χ0v) is 12.2. The van der Waals surface area contributed by atoms with Gasteiger partial charge >= 0.3 is 0 Å². The molecular formula is C19H16N2O. The number of hydrogen-bond donors (Lipinski definition) is 0. The van der Waals surface area contributed by atoms with Gasteiger partial charge in [-0.25, -0.2) is 0 Å². The van der Waals surface area contributed by atoms with Gasteiger partial charge in [-0.2, -0.15) is 0 Å². The molecule has 4 rings (SSSR count). The number of amides is 1. The normalized spacial score (nSPS) is 13.9. The van der Waals surface area contributed by atoms with Crippen molar-refractivity contribution >= 4 is 16.7 Å². The van der Waals surface area contributed by atoms with Crippen molar-refractivity contribution in [1.29, 1.82) is 0 Å². The lowest BCUT2D eigenvalue weighted by molar-refractivity contribution is 0.0731. The Kier molecular flexibility index (Phi) is 3.11. The first-order valence-electron chi connectivity index (χ1n) is 7.53. The Morgan fingerprint density at radius 1 is 0.955 bits per heavy atom. The number of carbonyl (C=O) groups is 1. The molecule has 2 heterocycles. The van der Waals surface area contributed by atoms with Gasteiger partial charge in [0.05, 0.1) is 0 Å². The molecule has 0 saturated carbocycles. The van der Waals surface area contributed by atoms with Gasteiger partial charge in [-0.15, -0.1) is 0 Å². The number of benzene rings is 2. The van der Waals surface area contributed by atoms with E-state index in [4.69, 9.17) is 0 Å². The predicted octanol–water partition coefficient (Wildman–Crippen LogP) is 3.43. The molecule has 3 nitrogen and oxygen atoms in total. The standard InChI is InChI=1S/C19H16N2O/c22-19(18-17-8-4-3-6-15(17)9-11-20-18)21-12-10-14-5-1-2-7-16(14)13-21/h1-9,11H,10,12-13H2. The molecule has 3 aromatic rings. The van der Waals surface area contributed by atoms with Crippen LogP contribution in [-0.4, -0.2) is 22.3 Å². The SMILES string of the molecule is O=C(c1nccc2ccccc12)N1CCc2ccccc2C1. The summed E-state index contributed by atoms with van der Waals surface area (Å²) in [5.74, 6) is 0.0197. The lowest BCUT2D eigenvalue weighted by Gasteiger charge is -2.28. The Labute approximate surface area is 129 Å². The van der Waals surface area contributed by atoms with Crippen LogP contribution in [0.5, 0.6) is 0 Å². The van der Waals surface area contributed by atoms with Gasteiger partial charge < -0.3 is 4.90 Å². The fourth-order valence-corrected chi connectivity index (χ4v) is 3.11. The van der Waals surface area contributed by atoms with Crippen LogP contribution in [0.4, 0.5) is 0 Å². The van der Waals surface area contributed by atoms with Crippen LogP contribution in [0, 0.1) is 0 Å². The molecule has 108 valence electrons. The quantitative estimate of drug-likeness (QED) is 0.687. The summed E-state index contributed by atoms with van der Waals surface area (Å²) in [6.07, 6.45) is 2.63. The van der Waals surface area contributed by atoms with E-state index < -0.39 is 0 Å². The third-order valence-electron chi connectivity index (χ3n) is 4.29. The van der Waals surface area contributed by atoms with E-state index >= 15 is 0 Å². The third kappa shape index (κ3) is 2.15. The molecule has 1 amide bonds. The molecule has 0 atom stereocenters. The molecule has 0 bridgehead atoms. The minimum atomic E-state index is 0.0197. The van der Waals surface area contributed by atoms with E-state index in [9.17, 15) is 4.79 Å². The van der Waals surface area contributed by atoms with Crippen molar-refractivity contribution in [2.24, 2.45) is 0 Å². The average molecular weight is 288 g/mol. The zero-order valence-electron chi connectivity index (χ0n) is 12.2. The second kappa shape index (κ2) is 5.26. The average Bonchev–Trinajstić information content (AvgIpc) is 2.60. The highest BCUT2D eigenvalue weighted by Crippen LogP contribution is 2.22. The fourth-order valence-electron chi connectivity index (χ4n) is 3.11. The minimum Gasteiger partial charge on any atom is -0.333 e. The maximum Gasteiger partial charge on any atom is 0.273 e. The Hall–Kier alpha value is -2.68. The fraction of sp³-hybridized carbons (Fsp3) is 0.158. The summed E-state index contributed by atoms with van der Waals surface area (Å²) in [7, 11) is 0. The predicted molar refractivity (Wildman–Crippen MR) is 86.6 cm³/mol. The van der Waals surface area contributed by atoms with Crippen LogP contribution in [-0.2, 0) is 13.0 Å². The summed E-state index contributed by atoms with van der Waals surface area (Å²) in [6, 6.07) is 18.2. The lowest BCUT2D eigenvalue weighted by Crippen LogP contribution is -2.36. The van der Waals surface area contributed by atoms with E-state index in [0.29, 0.717) is 12.2 Å². The topological polar surface area (TPSA) is 33.2 Å². The van der Waals surface area contributed by atoms with E-state index in [1.807, 2.05) is 41.3 Å². The first-order chi connectivity index (χ1) is 10.8. The second-order valence-electron chi connectivity index (χ2n) is 5.63. The van der Waals surface area contributed by atoms with Gasteiger partial charge in [0.25, 0.3) is 5.91 Å². The molecule has 1 aliphatic heterocycles. The highest BCUT2D eigenvalue weighted by Gasteiger charge is 2.23. The molecule has 1 aliphatic rings. The van der Waals surface area contributed by atoms with Gasteiger partial charge in [0, 0.05) is 24.7 Å². The van der Waals surface area contributed by atoms with Crippen LogP contribution in [0.15, 0.2) is 60.8 Å². The van der Waals surface area contributed by atoms with Crippen LogP contribution in [0.1, 0.15) is 21.6 Å².